The summed E-state index contributed by atoms with van der Waals surface area (Å²) < 4.78 is 0. The van der Waals surface area contributed by atoms with Crippen LogP contribution in [0.1, 0.15) is 24.0 Å². The molecule has 1 aromatic rings. The molecule has 4 nitrogen and oxygen atoms in total. The Morgan fingerprint density at radius 1 is 1.50 bits per heavy atom. The van der Waals surface area contributed by atoms with Gasteiger partial charge in [-0.3, -0.25) is 10.1 Å². The molecule has 0 aromatic heterocycles. The van der Waals surface area contributed by atoms with Crippen LogP contribution in [0.3, 0.4) is 0 Å². The van der Waals surface area contributed by atoms with Crippen LogP contribution >= 0.6 is 0 Å². The Morgan fingerprint density at radius 2 is 2.25 bits per heavy atom. The van der Waals surface area contributed by atoms with Crippen molar-refractivity contribution in [2.75, 3.05) is 6.61 Å². The molecule has 0 saturated heterocycles. The Morgan fingerprint density at radius 3 is 2.88 bits per heavy atom. The van der Waals surface area contributed by atoms with E-state index in [-0.39, 0.29) is 12.3 Å². The average molecular weight is 219 g/mol. The molecule has 0 aliphatic rings. The lowest BCUT2D eigenvalue weighted by molar-refractivity contribution is -0.385. The Balaban J connectivity index is 2.85. The maximum absolute atomic E-state index is 10.7. The molecule has 0 bridgehead atoms. The van der Waals surface area contributed by atoms with Crippen LogP contribution in [0.25, 0.3) is 0 Å². The summed E-state index contributed by atoms with van der Waals surface area (Å²) in [6, 6.07) is 4.92. The van der Waals surface area contributed by atoms with Crippen molar-refractivity contribution in [1.82, 2.24) is 0 Å². The molecule has 0 aliphatic carbocycles. The molecule has 0 saturated carbocycles. The maximum Gasteiger partial charge on any atom is 0.273 e. The van der Waals surface area contributed by atoms with Gasteiger partial charge in [-0.25, -0.2) is 0 Å². The van der Waals surface area contributed by atoms with E-state index >= 15 is 0 Å². The summed E-state index contributed by atoms with van der Waals surface area (Å²) in [7, 11) is 0. The summed E-state index contributed by atoms with van der Waals surface area (Å²) >= 11 is 0. The second-order valence-electron chi connectivity index (χ2n) is 3.39. The summed E-state index contributed by atoms with van der Waals surface area (Å²) in [5.74, 6) is 5.69. The zero-order valence-corrected chi connectivity index (χ0v) is 9.06. The van der Waals surface area contributed by atoms with Gasteiger partial charge in [-0.2, -0.15) is 0 Å². The summed E-state index contributed by atoms with van der Waals surface area (Å²) in [6.07, 6.45) is 1.22. The molecule has 0 heterocycles. The van der Waals surface area contributed by atoms with E-state index in [1.165, 1.54) is 6.07 Å². The predicted octanol–water partition coefficient (Wildman–Crippen LogP) is 2.03. The zero-order valence-electron chi connectivity index (χ0n) is 9.06. The van der Waals surface area contributed by atoms with Crippen LogP contribution in [0, 0.1) is 28.9 Å². The lowest BCUT2D eigenvalue weighted by Gasteiger charge is -1.96. The summed E-state index contributed by atoms with van der Waals surface area (Å²) in [5, 5.41) is 19.2. The van der Waals surface area contributed by atoms with Gasteiger partial charge in [0.25, 0.3) is 5.69 Å². The standard InChI is InChI=1S/C12H13NO3/c1-10-6-7-11(5-3-2-4-8-14)9-12(10)13(15)16/h6-7,9,14H,2,4,8H2,1H3. The normalized spacial score (nSPS) is 9.38. The fraction of sp³-hybridized carbons (Fsp3) is 0.333. The van der Waals surface area contributed by atoms with Gasteiger partial charge >= 0.3 is 0 Å². The molecule has 1 aromatic carbocycles. The highest BCUT2D eigenvalue weighted by Gasteiger charge is 2.09. The molecule has 0 fully saturated rings. The van der Waals surface area contributed by atoms with Crippen molar-refractivity contribution < 1.29 is 10.0 Å². The highest BCUT2D eigenvalue weighted by atomic mass is 16.6. The Kier molecular flexibility index (Phi) is 4.49. The van der Waals surface area contributed by atoms with Gasteiger partial charge in [0.1, 0.15) is 0 Å². The molecule has 1 N–H and O–H groups in total. The maximum atomic E-state index is 10.7. The number of nitro groups is 1. The monoisotopic (exact) mass is 219 g/mol. The summed E-state index contributed by atoms with van der Waals surface area (Å²) in [5.41, 5.74) is 1.36. The van der Waals surface area contributed by atoms with E-state index in [4.69, 9.17) is 5.11 Å². The predicted molar refractivity (Wildman–Crippen MR) is 61.0 cm³/mol. The molecular weight excluding hydrogens is 206 g/mol. The number of aryl methyl sites for hydroxylation is 1. The van der Waals surface area contributed by atoms with Crippen LogP contribution in [-0.4, -0.2) is 16.6 Å². The quantitative estimate of drug-likeness (QED) is 0.366. The number of nitrogens with zero attached hydrogens (tertiary/aromatic N) is 1. The van der Waals surface area contributed by atoms with Crippen LogP contribution in [0.5, 0.6) is 0 Å². The molecule has 0 spiro atoms. The van der Waals surface area contributed by atoms with Gasteiger partial charge in [0.2, 0.25) is 0 Å². The van der Waals surface area contributed by atoms with Gasteiger partial charge < -0.3 is 5.11 Å². The second kappa shape index (κ2) is 5.89. The second-order valence-corrected chi connectivity index (χ2v) is 3.39. The zero-order chi connectivity index (χ0) is 12.0. The third kappa shape index (κ3) is 3.37. The number of aliphatic hydroxyl groups is 1. The Bertz CT molecular complexity index is 443. The molecule has 16 heavy (non-hydrogen) atoms. The van der Waals surface area contributed by atoms with E-state index in [2.05, 4.69) is 11.8 Å². The van der Waals surface area contributed by atoms with Crippen molar-refractivity contribution >= 4 is 5.69 Å². The van der Waals surface area contributed by atoms with Crippen molar-refractivity contribution in [3.05, 3.63) is 39.4 Å². The minimum Gasteiger partial charge on any atom is -0.396 e. The van der Waals surface area contributed by atoms with Crippen LogP contribution in [-0.2, 0) is 0 Å². The SMILES string of the molecule is Cc1ccc(C#CCCCO)cc1[N+](=O)[O-]. The molecule has 0 atom stereocenters. The van der Waals surface area contributed by atoms with Gasteiger partial charge in [0.05, 0.1) is 4.92 Å². The molecular formula is C12H13NO3. The third-order valence-corrected chi connectivity index (χ3v) is 2.10. The fourth-order valence-electron chi connectivity index (χ4n) is 1.22. The molecule has 0 amide bonds. The van der Waals surface area contributed by atoms with Crippen LogP contribution in [0.15, 0.2) is 18.2 Å². The first kappa shape index (κ1) is 12.2. The fourth-order valence-corrected chi connectivity index (χ4v) is 1.22. The van der Waals surface area contributed by atoms with E-state index in [1.807, 2.05) is 0 Å². The largest absolute Gasteiger partial charge is 0.396 e. The van der Waals surface area contributed by atoms with E-state index in [1.54, 1.807) is 19.1 Å². The lowest BCUT2D eigenvalue weighted by atomic mass is 10.1. The van der Waals surface area contributed by atoms with Gasteiger partial charge in [0.15, 0.2) is 0 Å². The lowest BCUT2D eigenvalue weighted by Crippen LogP contribution is -1.92. The summed E-state index contributed by atoms with van der Waals surface area (Å²) in [6.45, 7) is 1.81. The van der Waals surface area contributed by atoms with Crippen molar-refractivity contribution in [2.24, 2.45) is 0 Å². The van der Waals surface area contributed by atoms with Crippen molar-refractivity contribution in [2.45, 2.75) is 19.8 Å². The Labute approximate surface area is 94.1 Å². The van der Waals surface area contributed by atoms with Gasteiger partial charge in [0, 0.05) is 30.2 Å². The number of hydrogen-bond acceptors (Lipinski definition) is 3. The number of benzene rings is 1. The average Bonchev–Trinajstić information content (AvgIpc) is 2.26. The van der Waals surface area contributed by atoms with E-state index in [9.17, 15) is 10.1 Å². The van der Waals surface area contributed by atoms with Crippen LogP contribution in [0.4, 0.5) is 5.69 Å². The third-order valence-electron chi connectivity index (χ3n) is 2.10. The Hall–Kier alpha value is -1.86. The smallest absolute Gasteiger partial charge is 0.273 e. The molecule has 0 unspecified atom stereocenters. The highest BCUT2D eigenvalue weighted by Crippen LogP contribution is 2.18. The number of rotatable bonds is 3. The first-order valence-corrected chi connectivity index (χ1v) is 5.00. The molecule has 1 rings (SSSR count). The number of hydrogen-bond donors (Lipinski definition) is 1. The van der Waals surface area contributed by atoms with E-state index in [0.717, 1.165) is 0 Å². The molecule has 0 aliphatic heterocycles. The van der Waals surface area contributed by atoms with Gasteiger partial charge in [-0.05, 0) is 19.4 Å². The number of aliphatic hydroxyl groups excluding tert-OH is 1. The molecule has 4 heteroatoms. The van der Waals surface area contributed by atoms with Crippen molar-refractivity contribution in [1.29, 1.82) is 0 Å². The van der Waals surface area contributed by atoms with Crippen LogP contribution < -0.4 is 0 Å². The van der Waals surface area contributed by atoms with Gasteiger partial charge in [-0.15, -0.1) is 0 Å². The van der Waals surface area contributed by atoms with Crippen molar-refractivity contribution in [3.8, 4) is 11.8 Å². The van der Waals surface area contributed by atoms with Crippen LogP contribution in [0.2, 0.25) is 0 Å². The van der Waals surface area contributed by atoms with E-state index < -0.39 is 4.92 Å². The topological polar surface area (TPSA) is 63.4 Å². The van der Waals surface area contributed by atoms with Gasteiger partial charge in [-0.1, -0.05) is 17.9 Å². The molecule has 84 valence electrons. The minimum absolute atomic E-state index is 0.0916. The number of nitro benzene ring substituents is 1. The van der Waals surface area contributed by atoms with E-state index in [0.29, 0.717) is 24.0 Å². The van der Waals surface area contributed by atoms with Crippen molar-refractivity contribution in [3.63, 3.8) is 0 Å². The first-order valence-electron chi connectivity index (χ1n) is 5.00. The minimum atomic E-state index is -0.408. The number of unbranched alkanes of at least 4 members (excludes halogenated alkanes) is 1. The summed E-state index contributed by atoms with van der Waals surface area (Å²) in [4.78, 5) is 10.3. The molecule has 0 radical (unpaired) electrons. The first-order chi connectivity index (χ1) is 7.65. The highest BCUT2D eigenvalue weighted by molar-refractivity contribution is 5.48.